The van der Waals surface area contributed by atoms with E-state index < -0.39 is 0 Å². The van der Waals surface area contributed by atoms with Crippen LogP contribution < -0.4 is 5.32 Å². The lowest BCUT2D eigenvalue weighted by Gasteiger charge is -2.08. The fraction of sp³-hybridized carbons (Fsp3) is 0.0588. The Labute approximate surface area is 139 Å². The standard InChI is InChI=1S/C17H12Br2FN/c18-14-4-2-13-9-15(5-3-12(13)8-14)21-10-11-1-6-16(19)17(20)7-11/h1-9,21H,10H2. The van der Waals surface area contributed by atoms with E-state index in [4.69, 9.17) is 0 Å². The molecule has 0 atom stereocenters. The number of fused-ring (bicyclic) bond motifs is 1. The predicted molar refractivity (Wildman–Crippen MR) is 93.1 cm³/mol. The maximum atomic E-state index is 13.5. The number of anilines is 1. The van der Waals surface area contributed by atoms with E-state index in [1.165, 1.54) is 16.8 Å². The topological polar surface area (TPSA) is 12.0 Å². The van der Waals surface area contributed by atoms with Gasteiger partial charge in [-0.2, -0.15) is 0 Å². The van der Waals surface area contributed by atoms with Crippen molar-refractivity contribution in [2.45, 2.75) is 6.54 Å². The van der Waals surface area contributed by atoms with E-state index in [1.807, 2.05) is 18.2 Å². The van der Waals surface area contributed by atoms with Gasteiger partial charge in [-0.25, -0.2) is 4.39 Å². The largest absolute Gasteiger partial charge is 0.381 e. The summed E-state index contributed by atoms with van der Waals surface area (Å²) in [5.41, 5.74) is 1.93. The molecule has 0 heterocycles. The van der Waals surface area contributed by atoms with Crippen molar-refractivity contribution in [3.8, 4) is 0 Å². The van der Waals surface area contributed by atoms with Crippen LogP contribution in [0.25, 0.3) is 10.8 Å². The van der Waals surface area contributed by atoms with Crippen LogP contribution in [0.15, 0.2) is 63.5 Å². The summed E-state index contributed by atoms with van der Waals surface area (Å²) < 4.78 is 15.0. The maximum absolute atomic E-state index is 13.5. The van der Waals surface area contributed by atoms with Crippen LogP contribution in [0, 0.1) is 5.82 Å². The first kappa shape index (κ1) is 14.5. The Morgan fingerprint density at radius 1 is 0.857 bits per heavy atom. The third-order valence-corrected chi connectivity index (χ3v) is 4.42. The highest BCUT2D eigenvalue weighted by Gasteiger charge is 2.02. The molecule has 0 spiro atoms. The van der Waals surface area contributed by atoms with Crippen LogP contribution in [-0.4, -0.2) is 0 Å². The Morgan fingerprint density at radius 2 is 1.62 bits per heavy atom. The Hall–Kier alpha value is -1.39. The molecule has 3 aromatic carbocycles. The molecule has 3 aromatic rings. The van der Waals surface area contributed by atoms with Gasteiger partial charge in [0.05, 0.1) is 4.47 Å². The summed E-state index contributed by atoms with van der Waals surface area (Å²) in [5, 5.41) is 5.68. The number of halogens is 3. The molecule has 0 bridgehead atoms. The number of rotatable bonds is 3. The molecule has 106 valence electrons. The van der Waals surface area contributed by atoms with Gasteiger partial charge in [-0.1, -0.05) is 34.1 Å². The molecule has 0 aromatic heterocycles. The molecule has 0 radical (unpaired) electrons. The minimum atomic E-state index is -0.238. The molecule has 1 nitrogen and oxygen atoms in total. The van der Waals surface area contributed by atoms with Gasteiger partial charge in [0.15, 0.2) is 0 Å². The Bertz CT molecular complexity index is 802. The van der Waals surface area contributed by atoms with Crippen LogP contribution in [0.3, 0.4) is 0 Å². The number of hydrogen-bond acceptors (Lipinski definition) is 1. The van der Waals surface area contributed by atoms with Crippen molar-refractivity contribution in [1.29, 1.82) is 0 Å². The zero-order chi connectivity index (χ0) is 14.8. The van der Waals surface area contributed by atoms with Crippen LogP contribution in [0.5, 0.6) is 0 Å². The lowest BCUT2D eigenvalue weighted by Crippen LogP contribution is -1.99. The van der Waals surface area contributed by atoms with Crippen LogP contribution in [-0.2, 0) is 6.54 Å². The fourth-order valence-corrected chi connectivity index (χ4v) is 2.81. The first-order chi connectivity index (χ1) is 10.1. The number of nitrogens with one attached hydrogen (secondary N) is 1. The highest BCUT2D eigenvalue weighted by Crippen LogP contribution is 2.23. The van der Waals surface area contributed by atoms with Crippen molar-refractivity contribution in [1.82, 2.24) is 0 Å². The second-order valence-corrected chi connectivity index (χ2v) is 6.58. The highest BCUT2D eigenvalue weighted by atomic mass is 79.9. The molecule has 0 aliphatic carbocycles. The van der Waals surface area contributed by atoms with Crippen molar-refractivity contribution in [2.24, 2.45) is 0 Å². The van der Waals surface area contributed by atoms with Crippen LogP contribution in [0.4, 0.5) is 10.1 Å². The van der Waals surface area contributed by atoms with Gasteiger partial charge in [0.1, 0.15) is 5.82 Å². The van der Waals surface area contributed by atoms with Gasteiger partial charge in [0, 0.05) is 16.7 Å². The van der Waals surface area contributed by atoms with E-state index >= 15 is 0 Å². The summed E-state index contributed by atoms with van der Waals surface area (Å²) >= 11 is 6.63. The quantitative estimate of drug-likeness (QED) is 0.550. The lowest BCUT2D eigenvalue weighted by molar-refractivity contribution is 0.619. The molecule has 21 heavy (non-hydrogen) atoms. The molecule has 1 N–H and O–H groups in total. The molecule has 0 amide bonds. The highest BCUT2D eigenvalue weighted by molar-refractivity contribution is 9.10. The molecule has 0 aliphatic rings. The first-order valence-corrected chi connectivity index (χ1v) is 8.07. The lowest BCUT2D eigenvalue weighted by atomic mass is 10.1. The summed E-state index contributed by atoms with van der Waals surface area (Å²) in [7, 11) is 0. The van der Waals surface area contributed by atoms with E-state index in [2.05, 4.69) is 61.4 Å². The van der Waals surface area contributed by atoms with Gasteiger partial charge < -0.3 is 5.32 Å². The third-order valence-electron chi connectivity index (χ3n) is 3.28. The fourth-order valence-electron chi connectivity index (χ4n) is 2.18. The van der Waals surface area contributed by atoms with Crippen molar-refractivity contribution in [3.63, 3.8) is 0 Å². The summed E-state index contributed by atoms with van der Waals surface area (Å²) in [6, 6.07) is 17.5. The monoisotopic (exact) mass is 407 g/mol. The second-order valence-electron chi connectivity index (χ2n) is 4.81. The molecule has 0 fully saturated rings. The minimum Gasteiger partial charge on any atom is -0.381 e. The zero-order valence-electron chi connectivity index (χ0n) is 11.0. The van der Waals surface area contributed by atoms with Gasteiger partial charge in [-0.05, 0) is 68.7 Å². The molecular weight excluding hydrogens is 397 g/mol. The molecule has 0 unspecified atom stereocenters. The van der Waals surface area contributed by atoms with Crippen LogP contribution >= 0.6 is 31.9 Å². The molecule has 3 rings (SSSR count). The molecule has 0 saturated heterocycles. The Kier molecular flexibility index (Phi) is 4.27. The predicted octanol–water partition coefficient (Wildman–Crippen LogP) is 6.12. The zero-order valence-corrected chi connectivity index (χ0v) is 14.2. The summed E-state index contributed by atoms with van der Waals surface area (Å²) in [6.45, 7) is 0.590. The van der Waals surface area contributed by atoms with Crippen LogP contribution in [0.1, 0.15) is 5.56 Å². The summed E-state index contributed by atoms with van der Waals surface area (Å²) in [4.78, 5) is 0. The molecule has 0 saturated carbocycles. The third kappa shape index (κ3) is 3.44. The summed E-state index contributed by atoms with van der Waals surface area (Å²) in [5.74, 6) is -0.238. The first-order valence-electron chi connectivity index (χ1n) is 6.49. The minimum absolute atomic E-state index is 0.238. The summed E-state index contributed by atoms with van der Waals surface area (Å²) in [6.07, 6.45) is 0. The van der Waals surface area contributed by atoms with Crippen molar-refractivity contribution in [2.75, 3.05) is 5.32 Å². The maximum Gasteiger partial charge on any atom is 0.137 e. The van der Waals surface area contributed by atoms with Gasteiger partial charge >= 0.3 is 0 Å². The molecular formula is C17H12Br2FN. The number of hydrogen-bond donors (Lipinski definition) is 1. The van der Waals surface area contributed by atoms with Crippen molar-refractivity contribution < 1.29 is 4.39 Å². The Morgan fingerprint density at radius 3 is 2.43 bits per heavy atom. The van der Waals surface area contributed by atoms with Gasteiger partial charge in [-0.15, -0.1) is 0 Å². The van der Waals surface area contributed by atoms with Crippen molar-refractivity contribution >= 4 is 48.3 Å². The van der Waals surface area contributed by atoms with E-state index in [1.54, 1.807) is 6.07 Å². The van der Waals surface area contributed by atoms with Gasteiger partial charge in [0.2, 0.25) is 0 Å². The van der Waals surface area contributed by atoms with Gasteiger partial charge in [-0.3, -0.25) is 0 Å². The molecule has 0 aliphatic heterocycles. The van der Waals surface area contributed by atoms with E-state index in [-0.39, 0.29) is 5.82 Å². The van der Waals surface area contributed by atoms with Crippen LogP contribution in [0.2, 0.25) is 0 Å². The normalized spacial score (nSPS) is 10.8. The van der Waals surface area contributed by atoms with E-state index in [0.29, 0.717) is 11.0 Å². The van der Waals surface area contributed by atoms with Crippen molar-refractivity contribution in [3.05, 3.63) is 74.9 Å². The van der Waals surface area contributed by atoms with Gasteiger partial charge in [0.25, 0.3) is 0 Å². The number of benzene rings is 3. The SMILES string of the molecule is Fc1cc(CNc2ccc3cc(Br)ccc3c2)ccc1Br. The van der Waals surface area contributed by atoms with E-state index in [9.17, 15) is 4.39 Å². The second kappa shape index (κ2) is 6.16. The average molecular weight is 409 g/mol. The average Bonchev–Trinajstić information content (AvgIpc) is 2.48. The van der Waals surface area contributed by atoms with E-state index in [0.717, 1.165) is 15.7 Å². The molecule has 4 heteroatoms. The Balaban J connectivity index is 1.78. The smallest absolute Gasteiger partial charge is 0.137 e.